The minimum absolute atomic E-state index is 0.0510. The molecule has 2 rings (SSSR count). The van der Waals surface area contributed by atoms with Crippen LogP contribution < -0.4 is 10.6 Å². The van der Waals surface area contributed by atoms with Crippen molar-refractivity contribution in [1.82, 2.24) is 15.6 Å². The fourth-order valence-corrected chi connectivity index (χ4v) is 2.17. The van der Waals surface area contributed by atoms with E-state index in [1.54, 1.807) is 12.4 Å². The molecule has 1 aromatic rings. The third-order valence-corrected chi connectivity index (χ3v) is 3.24. The van der Waals surface area contributed by atoms with Gasteiger partial charge in [0.15, 0.2) is 0 Å². The third-order valence-electron chi connectivity index (χ3n) is 3.24. The topological polar surface area (TPSA) is 54.0 Å². The lowest BCUT2D eigenvalue weighted by Crippen LogP contribution is -2.52. The summed E-state index contributed by atoms with van der Waals surface area (Å²) in [6.45, 7) is 4.07. The molecule has 2 heterocycles. The number of hydrogen-bond donors (Lipinski definition) is 2. The van der Waals surface area contributed by atoms with Crippen molar-refractivity contribution in [2.75, 3.05) is 13.1 Å². The van der Waals surface area contributed by atoms with Gasteiger partial charge in [-0.05, 0) is 44.5 Å². The minimum Gasteiger partial charge on any atom is -0.351 e. The first-order chi connectivity index (χ1) is 8.18. The summed E-state index contributed by atoms with van der Waals surface area (Å²) >= 11 is 0. The van der Waals surface area contributed by atoms with Gasteiger partial charge in [-0.3, -0.25) is 9.78 Å². The van der Waals surface area contributed by atoms with E-state index in [0.717, 1.165) is 31.5 Å². The summed E-state index contributed by atoms with van der Waals surface area (Å²) in [7, 11) is 0. The molecule has 1 aromatic heterocycles. The summed E-state index contributed by atoms with van der Waals surface area (Å²) in [4.78, 5) is 15.9. The van der Waals surface area contributed by atoms with E-state index in [1.165, 1.54) is 0 Å². The fourth-order valence-electron chi connectivity index (χ4n) is 2.17. The Morgan fingerprint density at radius 2 is 2.29 bits per heavy atom. The molecule has 0 unspecified atom stereocenters. The summed E-state index contributed by atoms with van der Waals surface area (Å²) in [5, 5.41) is 6.44. The van der Waals surface area contributed by atoms with Crippen molar-refractivity contribution in [3.05, 3.63) is 30.1 Å². The fraction of sp³-hybridized carbons (Fsp3) is 0.538. The van der Waals surface area contributed by atoms with Gasteiger partial charge in [-0.25, -0.2) is 0 Å². The molecule has 2 N–H and O–H groups in total. The Morgan fingerprint density at radius 1 is 1.53 bits per heavy atom. The lowest BCUT2D eigenvalue weighted by molar-refractivity contribution is -0.122. The molecule has 92 valence electrons. The van der Waals surface area contributed by atoms with Gasteiger partial charge in [0, 0.05) is 17.9 Å². The van der Waals surface area contributed by atoms with Crippen LogP contribution in [0.5, 0.6) is 0 Å². The number of hydrogen-bond acceptors (Lipinski definition) is 3. The van der Waals surface area contributed by atoms with Crippen LogP contribution in [0.3, 0.4) is 0 Å². The van der Waals surface area contributed by atoms with Crippen LogP contribution in [0.1, 0.15) is 25.3 Å². The summed E-state index contributed by atoms with van der Waals surface area (Å²) in [6.07, 6.45) is 5.86. The highest BCUT2D eigenvalue weighted by molar-refractivity contribution is 5.79. The number of pyridine rings is 1. The monoisotopic (exact) mass is 233 g/mol. The van der Waals surface area contributed by atoms with Gasteiger partial charge >= 0.3 is 0 Å². The van der Waals surface area contributed by atoms with Crippen molar-refractivity contribution in [2.24, 2.45) is 0 Å². The minimum atomic E-state index is -0.0510. The van der Waals surface area contributed by atoms with Crippen LogP contribution in [-0.2, 0) is 11.2 Å². The molecule has 1 aliphatic rings. The maximum atomic E-state index is 11.9. The Morgan fingerprint density at radius 3 is 2.94 bits per heavy atom. The number of aromatic nitrogens is 1. The quantitative estimate of drug-likeness (QED) is 0.815. The van der Waals surface area contributed by atoms with Gasteiger partial charge in [-0.15, -0.1) is 0 Å². The lowest BCUT2D eigenvalue weighted by atomic mass is 9.90. The zero-order valence-electron chi connectivity index (χ0n) is 10.2. The Labute approximate surface area is 102 Å². The van der Waals surface area contributed by atoms with Gasteiger partial charge in [0.05, 0.1) is 6.42 Å². The second-order valence-corrected chi connectivity index (χ2v) is 4.90. The van der Waals surface area contributed by atoms with Crippen LogP contribution in [0.4, 0.5) is 0 Å². The van der Waals surface area contributed by atoms with Gasteiger partial charge in [-0.2, -0.15) is 0 Å². The largest absolute Gasteiger partial charge is 0.351 e. The van der Waals surface area contributed by atoms with E-state index in [1.807, 2.05) is 12.1 Å². The zero-order chi connectivity index (χ0) is 12.1. The summed E-state index contributed by atoms with van der Waals surface area (Å²) in [6, 6.07) is 3.78. The second-order valence-electron chi connectivity index (χ2n) is 4.90. The number of nitrogens with one attached hydrogen (secondary N) is 2. The average Bonchev–Trinajstić information content (AvgIpc) is 2.30. The Balaban J connectivity index is 1.88. The molecule has 17 heavy (non-hydrogen) atoms. The standard InChI is InChI=1S/C13H19N3O/c1-13(4-7-14-8-5-13)16-12(17)9-11-3-2-6-15-10-11/h2-3,6,10,14H,4-5,7-9H2,1H3,(H,16,17). The molecule has 0 spiro atoms. The third kappa shape index (κ3) is 3.53. The first-order valence-corrected chi connectivity index (χ1v) is 6.09. The highest BCUT2D eigenvalue weighted by Gasteiger charge is 2.27. The van der Waals surface area contributed by atoms with Crippen LogP contribution in [-0.4, -0.2) is 29.5 Å². The Hall–Kier alpha value is -1.42. The van der Waals surface area contributed by atoms with Crippen LogP contribution in [0.25, 0.3) is 0 Å². The molecule has 1 amide bonds. The molecular formula is C13H19N3O. The molecule has 1 fully saturated rings. The maximum absolute atomic E-state index is 11.9. The van der Waals surface area contributed by atoms with Crippen molar-refractivity contribution in [2.45, 2.75) is 31.7 Å². The van der Waals surface area contributed by atoms with E-state index in [9.17, 15) is 4.79 Å². The predicted molar refractivity (Wildman–Crippen MR) is 66.6 cm³/mol. The van der Waals surface area contributed by atoms with Crippen LogP contribution in [0.2, 0.25) is 0 Å². The number of rotatable bonds is 3. The van der Waals surface area contributed by atoms with Gasteiger partial charge in [0.25, 0.3) is 0 Å². The van der Waals surface area contributed by atoms with Crippen LogP contribution in [0.15, 0.2) is 24.5 Å². The normalized spacial score (nSPS) is 18.6. The number of carbonyl (C=O) groups is 1. The van der Waals surface area contributed by atoms with Gasteiger partial charge in [-0.1, -0.05) is 6.07 Å². The molecule has 0 atom stereocenters. The van der Waals surface area contributed by atoms with Crippen molar-refractivity contribution in [3.63, 3.8) is 0 Å². The molecule has 0 aliphatic carbocycles. The predicted octanol–water partition coefficient (Wildman–Crippen LogP) is 0.882. The Kier molecular flexibility index (Phi) is 3.74. The van der Waals surface area contributed by atoms with Crippen molar-refractivity contribution in [1.29, 1.82) is 0 Å². The smallest absolute Gasteiger partial charge is 0.224 e. The molecule has 0 saturated carbocycles. The molecule has 1 aliphatic heterocycles. The SMILES string of the molecule is CC1(NC(=O)Cc2cccnc2)CCNCC1. The number of carbonyl (C=O) groups excluding carboxylic acids is 1. The van der Waals surface area contributed by atoms with E-state index < -0.39 is 0 Å². The van der Waals surface area contributed by atoms with E-state index in [4.69, 9.17) is 0 Å². The highest BCUT2D eigenvalue weighted by Crippen LogP contribution is 2.17. The van der Waals surface area contributed by atoms with E-state index in [-0.39, 0.29) is 11.4 Å². The summed E-state index contributed by atoms with van der Waals surface area (Å²) in [5.74, 6) is 0.0856. The van der Waals surface area contributed by atoms with Crippen LogP contribution >= 0.6 is 0 Å². The number of nitrogens with zero attached hydrogens (tertiary/aromatic N) is 1. The summed E-state index contributed by atoms with van der Waals surface area (Å²) < 4.78 is 0. The van der Waals surface area contributed by atoms with Crippen molar-refractivity contribution >= 4 is 5.91 Å². The number of piperidine rings is 1. The first kappa shape index (κ1) is 12.0. The molecule has 0 radical (unpaired) electrons. The van der Waals surface area contributed by atoms with Gasteiger partial charge in [0.2, 0.25) is 5.91 Å². The lowest BCUT2D eigenvalue weighted by Gasteiger charge is -2.35. The van der Waals surface area contributed by atoms with E-state index >= 15 is 0 Å². The molecule has 4 nitrogen and oxygen atoms in total. The second kappa shape index (κ2) is 5.27. The van der Waals surface area contributed by atoms with Gasteiger partial charge < -0.3 is 10.6 Å². The molecule has 0 aromatic carbocycles. The highest BCUT2D eigenvalue weighted by atomic mass is 16.1. The summed E-state index contributed by atoms with van der Waals surface area (Å²) in [5.41, 5.74) is 0.910. The van der Waals surface area contributed by atoms with E-state index in [2.05, 4.69) is 22.5 Å². The zero-order valence-corrected chi connectivity index (χ0v) is 10.2. The molecule has 0 bridgehead atoms. The Bertz CT molecular complexity index is 372. The van der Waals surface area contributed by atoms with Crippen molar-refractivity contribution in [3.8, 4) is 0 Å². The van der Waals surface area contributed by atoms with Gasteiger partial charge in [0.1, 0.15) is 0 Å². The maximum Gasteiger partial charge on any atom is 0.224 e. The molecule has 1 saturated heterocycles. The average molecular weight is 233 g/mol. The first-order valence-electron chi connectivity index (χ1n) is 6.09. The number of amides is 1. The van der Waals surface area contributed by atoms with Crippen LogP contribution in [0, 0.1) is 0 Å². The molecule has 4 heteroatoms. The van der Waals surface area contributed by atoms with E-state index in [0.29, 0.717) is 6.42 Å². The van der Waals surface area contributed by atoms with Crippen molar-refractivity contribution < 1.29 is 4.79 Å². The molecular weight excluding hydrogens is 214 g/mol.